The molecule has 3 aromatic heterocycles. The zero-order chi connectivity index (χ0) is 21.2. The van der Waals surface area contributed by atoms with Crippen molar-refractivity contribution in [1.82, 2.24) is 19.5 Å². The Kier molecular flexibility index (Phi) is 4.92. The van der Waals surface area contributed by atoms with Gasteiger partial charge in [0.25, 0.3) is 0 Å². The molecule has 7 heteroatoms. The highest BCUT2D eigenvalue weighted by atomic mass is 16.5. The van der Waals surface area contributed by atoms with Gasteiger partial charge in [0.05, 0.1) is 7.11 Å². The second-order valence-corrected chi connectivity index (χ2v) is 7.46. The fourth-order valence-electron chi connectivity index (χ4n) is 3.86. The predicted octanol–water partition coefficient (Wildman–Crippen LogP) is 4.86. The summed E-state index contributed by atoms with van der Waals surface area (Å²) in [5, 5.41) is 9.08. The molecule has 0 aliphatic rings. The molecule has 3 N–H and O–H groups in total. The lowest BCUT2D eigenvalue weighted by molar-refractivity contribution is 0.415. The Labute approximate surface area is 180 Å². The van der Waals surface area contributed by atoms with E-state index in [1.54, 1.807) is 13.3 Å². The second kappa shape index (κ2) is 8.02. The van der Waals surface area contributed by atoms with Crippen molar-refractivity contribution < 1.29 is 4.74 Å². The number of aromatic nitrogens is 4. The lowest BCUT2D eigenvalue weighted by Gasteiger charge is -2.10. The number of aryl methyl sites for hydroxylation is 1. The molecular formula is C24H24N6O. The molecule has 0 unspecified atom stereocenters. The third-order valence-electron chi connectivity index (χ3n) is 5.50. The van der Waals surface area contributed by atoms with Gasteiger partial charge in [-0.15, -0.1) is 0 Å². The Morgan fingerprint density at radius 2 is 2.03 bits per heavy atom. The molecule has 0 aliphatic carbocycles. The molecule has 0 bridgehead atoms. The smallest absolute Gasteiger partial charge is 0.224 e. The Morgan fingerprint density at radius 1 is 1.10 bits per heavy atom. The highest BCUT2D eigenvalue weighted by molar-refractivity contribution is 5.93. The Balaban J connectivity index is 1.28. The van der Waals surface area contributed by atoms with Crippen molar-refractivity contribution in [3.05, 3.63) is 72.7 Å². The molecule has 0 radical (unpaired) electrons. The minimum absolute atomic E-state index is 0.600. The van der Waals surface area contributed by atoms with E-state index in [4.69, 9.17) is 4.74 Å². The zero-order valence-electron chi connectivity index (χ0n) is 17.5. The molecule has 0 spiro atoms. The molecule has 2 aromatic carbocycles. The summed E-state index contributed by atoms with van der Waals surface area (Å²) in [5.41, 5.74) is 4.53. The minimum Gasteiger partial charge on any atom is -0.497 e. The molecule has 0 fully saturated rings. The first-order valence-corrected chi connectivity index (χ1v) is 10.2. The minimum atomic E-state index is 0.600. The first kappa shape index (κ1) is 19.0. The number of methoxy groups -OCH3 is 1. The van der Waals surface area contributed by atoms with Gasteiger partial charge in [0.1, 0.15) is 11.6 Å². The maximum absolute atomic E-state index is 5.35. The molecule has 0 saturated heterocycles. The van der Waals surface area contributed by atoms with Gasteiger partial charge in [-0.05, 0) is 54.4 Å². The molecule has 0 saturated carbocycles. The quantitative estimate of drug-likeness (QED) is 0.356. The summed E-state index contributed by atoms with van der Waals surface area (Å²) in [7, 11) is 3.73. The summed E-state index contributed by atoms with van der Waals surface area (Å²) in [4.78, 5) is 12.3. The van der Waals surface area contributed by atoms with Crippen LogP contribution in [-0.2, 0) is 13.5 Å². The van der Waals surface area contributed by atoms with E-state index < -0.39 is 0 Å². The third-order valence-corrected chi connectivity index (χ3v) is 5.50. The Bertz CT molecular complexity index is 1350. The molecule has 5 rings (SSSR count). The van der Waals surface area contributed by atoms with Gasteiger partial charge >= 0.3 is 0 Å². The molecular weight excluding hydrogens is 388 g/mol. The average molecular weight is 412 g/mol. The van der Waals surface area contributed by atoms with E-state index in [-0.39, 0.29) is 0 Å². The van der Waals surface area contributed by atoms with Gasteiger partial charge in [-0.2, -0.15) is 4.98 Å². The molecule has 7 nitrogen and oxygen atoms in total. The van der Waals surface area contributed by atoms with Gasteiger partial charge in [0, 0.05) is 59.7 Å². The van der Waals surface area contributed by atoms with Crippen LogP contribution in [0.4, 0.5) is 17.5 Å². The fraction of sp³-hybridized carbons (Fsp3) is 0.167. The fourth-order valence-corrected chi connectivity index (χ4v) is 3.86. The summed E-state index contributed by atoms with van der Waals surface area (Å²) in [5.74, 6) is 2.21. The first-order valence-electron chi connectivity index (χ1n) is 10.2. The lowest BCUT2D eigenvalue weighted by Crippen LogP contribution is -2.08. The van der Waals surface area contributed by atoms with Crippen molar-refractivity contribution in [2.75, 3.05) is 24.3 Å². The number of H-pyrrole nitrogens is 1. The maximum Gasteiger partial charge on any atom is 0.224 e. The Hall–Kier alpha value is -4.00. The number of hydrogen-bond acceptors (Lipinski definition) is 5. The number of nitrogens with one attached hydrogen (secondary N) is 3. The van der Waals surface area contributed by atoms with Crippen LogP contribution < -0.4 is 15.4 Å². The third kappa shape index (κ3) is 3.77. The van der Waals surface area contributed by atoms with Crippen molar-refractivity contribution >= 4 is 39.3 Å². The van der Waals surface area contributed by atoms with Gasteiger partial charge in [0.2, 0.25) is 5.95 Å². The summed E-state index contributed by atoms with van der Waals surface area (Å²) in [6, 6.07) is 16.2. The molecule has 0 aliphatic heterocycles. The lowest BCUT2D eigenvalue weighted by atomic mass is 10.1. The number of rotatable bonds is 7. The van der Waals surface area contributed by atoms with Gasteiger partial charge in [0.15, 0.2) is 0 Å². The molecule has 156 valence electrons. The number of fused-ring (bicyclic) bond motifs is 2. The van der Waals surface area contributed by atoms with Crippen molar-refractivity contribution in [1.29, 1.82) is 0 Å². The van der Waals surface area contributed by atoms with Crippen LogP contribution in [0.1, 0.15) is 5.56 Å². The van der Waals surface area contributed by atoms with Gasteiger partial charge < -0.3 is 24.9 Å². The van der Waals surface area contributed by atoms with Crippen LogP contribution in [0.3, 0.4) is 0 Å². The number of anilines is 3. The summed E-state index contributed by atoms with van der Waals surface area (Å²) < 4.78 is 7.46. The van der Waals surface area contributed by atoms with Crippen molar-refractivity contribution in [2.24, 2.45) is 7.05 Å². The monoisotopic (exact) mass is 412 g/mol. The summed E-state index contributed by atoms with van der Waals surface area (Å²) in [6.07, 6.45) is 6.71. The van der Waals surface area contributed by atoms with Gasteiger partial charge in [-0.25, -0.2) is 4.98 Å². The van der Waals surface area contributed by atoms with Crippen molar-refractivity contribution in [3.8, 4) is 5.75 Å². The first-order chi connectivity index (χ1) is 15.2. The predicted molar refractivity (Wildman–Crippen MR) is 125 cm³/mol. The normalized spacial score (nSPS) is 11.2. The number of hydrogen-bond donors (Lipinski definition) is 3. The number of aromatic amines is 1. The van der Waals surface area contributed by atoms with Crippen LogP contribution in [0.5, 0.6) is 5.75 Å². The zero-order valence-corrected chi connectivity index (χ0v) is 17.5. The standard InChI is InChI=1S/C24H24N6O/c1-30-13-10-18-21(4-3-5-22(18)30)28-23-9-12-26-24(29-23)25-11-8-16-15-27-20-7-6-17(31-2)14-19(16)20/h3-7,9-10,12-15,27H,8,11H2,1-2H3,(H2,25,26,28,29). The van der Waals surface area contributed by atoms with E-state index in [1.807, 2.05) is 37.5 Å². The maximum atomic E-state index is 5.35. The topological polar surface area (TPSA) is 79.8 Å². The van der Waals surface area contributed by atoms with Crippen molar-refractivity contribution in [3.63, 3.8) is 0 Å². The van der Waals surface area contributed by atoms with Crippen LogP contribution in [0.2, 0.25) is 0 Å². The second-order valence-electron chi connectivity index (χ2n) is 7.46. The van der Waals surface area contributed by atoms with Crippen LogP contribution >= 0.6 is 0 Å². The average Bonchev–Trinajstić information content (AvgIpc) is 3.38. The van der Waals surface area contributed by atoms with E-state index in [1.165, 1.54) is 16.5 Å². The summed E-state index contributed by atoms with van der Waals surface area (Å²) in [6.45, 7) is 0.724. The van der Waals surface area contributed by atoms with Crippen LogP contribution in [-0.4, -0.2) is 33.2 Å². The number of benzene rings is 2. The van der Waals surface area contributed by atoms with Gasteiger partial charge in [-0.3, -0.25) is 0 Å². The van der Waals surface area contributed by atoms with Crippen LogP contribution in [0.25, 0.3) is 21.8 Å². The SMILES string of the molecule is COc1ccc2[nH]cc(CCNc3nccc(Nc4cccc5c4ccn5C)n3)c2c1. The highest BCUT2D eigenvalue weighted by Crippen LogP contribution is 2.27. The largest absolute Gasteiger partial charge is 0.497 e. The van der Waals surface area contributed by atoms with E-state index in [0.717, 1.165) is 41.1 Å². The van der Waals surface area contributed by atoms with E-state index in [9.17, 15) is 0 Å². The molecule has 3 heterocycles. The van der Waals surface area contributed by atoms with Gasteiger partial charge in [-0.1, -0.05) is 6.07 Å². The van der Waals surface area contributed by atoms with Crippen LogP contribution in [0, 0.1) is 0 Å². The summed E-state index contributed by atoms with van der Waals surface area (Å²) >= 11 is 0. The van der Waals surface area contributed by atoms with Crippen molar-refractivity contribution in [2.45, 2.75) is 6.42 Å². The van der Waals surface area contributed by atoms with E-state index in [2.05, 4.69) is 60.6 Å². The van der Waals surface area contributed by atoms with E-state index in [0.29, 0.717) is 5.95 Å². The number of nitrogens with zero attached hydrogens (tertiary/aromatic N) is 3. The molecule has 0 atom stereocenters. The highest BCUT2D eigenvalue weighted by Gasteiger charge is 2.07. The molecule has 31 heavy (non-hydrogen) atoms. The molecule has 5 aromatic rings. The number of ether oxygens (including phenoxy) is 1. The van der Waals surface area contributed by atoms with E-state index >= 15 is 0 Å². The van der Waals surface area contributed by atoms with Crippen LogP contribution in [0.15, 0.2) is 67.1 Å². The Morgan fingerprint density at radius 3 is 2.94 bits per heavy atom. The molecule has 0 amide bonds.